The quantitative estimate of drug-likeness (QED) is 0.583. The fourth-order valence-corrected chi connectivity index (χ4v) is 4.39. The highest BCUT2D eigenvalue weighted by Gasteiger charge is 2.37. The summed E-state index contributed by atoms with van der Waals surface area (Å²) >= 11 is 0. The molecule has 0 aliphatic heterocycles. The second-order valence-electron chi connectivity index (χ2n) is 9.12. The predicted octanol–water partition coefficient (Wildman–Crippen LogP) is 5.46. The molecule has 1 aliphatic rings. The van der Waals surface area contributed by atoms with Crippen LogP contribution in [0.25, 0.3) is 10.9 Å². The molecule has 4 heteroatoms. The van der Waals surface area contributed by atoms with E-state index in [1.54, 1.807) is 0 Å². The first-order valence-corrected chi connectivity index (χ1v) is 12.4. The van der Waals surface area contributed by atoms with Crippen LogP contribution in [-0.2, 0) is 24.5 Å². The highest BCUT2D eigenvalue weighted by atomic mass is 28.4. The average molecular weight is 360 g/mol. The van der Waals surface area contributed by atoms with E-state index in [4.69, 9.17) is 4.43 Å². The fourth-order valence-electron chi connectivity index (χ4n) is 3.45. The third-order valence-electron chi connectivity index (χ3n) is 6.32. The first kappa shape index (κ1) is 18.7. The average Bonchev–Trinajstić information content (AvgIpc) is 2.71. The van der Waals surface area contributed by atoms with E-state index in [9.17, 15) is 5.11 Å². The normalized spacial score (nSPS) is 19.1. The van der Waals surface area contributed by atoms with Crippen molar-refractivity contribution in [2.45, 2.75) is 77.3 Å². The zero-order valence-corrected chi connectivity index (χ0v) is 17.6. The summed E-state index contributed by atoms with van der Waals surface area (Å²) in [6.45, 7) is 12.1. The van der Waals surface area contributed by atoms with Gasteiger partial charge in [-0.05, 0) is 66.7 Å². The van der Waals surface area contributed by atoms with Crippen LogP contribution >= 0.6 is 0 Å². The van der Waals surface area contributed by atoms with E-state index in [-0.39, 0.29) is 11.1 Å². The van der Waals surface area contributed by atoms with Gasteiger partial charge in [0.05, 0.1) is 12.7 Å². The Kier molecular flexibility index (Phi) is 4.90. The molecule has 0 spiro atoms. The second-order valence-corrected chi connectivity index (χ2v) is 13.9. The SMILES string of the molecule is Cn1c(CO[Si](C)(C)C(C)(C)C)cc2cc3c(cc21)CCCCC3O. The molecule has 1 atom stereocenters. The van der Waals surface area contributed by atoms with Gasteiger partial charge in [0.1, 0.15) is 0 Å². The molecular weight excluding hydrogens is 326 g/mol. The van der Waals surface area contributed by atoms with Crippen molar-refractivity contribution in [2.75, 3.05) is 0 Å². The van der Waals surface area contributed by atoms with Gasteiger partial charge < -0.3 is 14.1 Å². The molecular formula is C21H33NO2Si. The summed E-state index contributed by atoms with van der Waals surface area (Å²) in [6, 6.07) is 6.73. The Hall–Kier alpha value is -1.10. The Labute approximate surface area is 153 Å². The Balaban J connectivity index is 1.92. The van der Waals surface area contributed by atoms with Gasteiger partial charge in [-0.1, -0.05) is 27.2 Å². The summed E-state index contributed by atoms with van der Waals surface area (Å²) in [6.07, 6.45) is 3.92. The first-order valence-electron chi connectivity index (χ1n) is 9.53. The lowest BCUT2D eigenvalue weighted by Gasteiger charge is -2.36. The van der Waals surface area contributed by atoms with Crippen molar-refractivity contribution >= 4 is 19.2 Å². The van der Waals surface area contributed by atoms with Gasteiger partial charge in [0.15, 0.2) is 8.32 Å². The Morgan fingerprint density at radius 2 is 1.92 bits per heavy atom. The number of aliphatic hydroxyl groups excluding tert-OH is 1. The van der Waals surface area contributed by atoms with Gasteiger partial charge in [0, 0.05) is 23.6 Å². The number of hydrogen-bond donors (Lipinski definition) is 1. The lowest BCUT2D eigenvalue weighted by molar-refractivity contribution is 0.167. The van der Waals surface area contributed by atoms with E-state index in [0.717, 1.165) is 24.8 Å². The van der Waals surface area contributed by atoms with Crippen molar-refractivity contribution in [3.05, 3.63) is 35.0 Å². The van der Waals surface area contributed by atoms with Gasteiger partial charge in [0.2, 0.25) is 0 Å². The van der Waals surface area contributed by atoms with Crippen molar-refractivity contribution in [1.29, 1.82) is 0 Å². The number of aliphatic hydroxyl groups is 1. The summed E-state index contributed by atoms with van der Waals surface area (Å²) in [5, 5.41) is 11.9. The fraction of sp³-hybridized carbons (Fsp3) is 0.619. The van der Waals surface area contributed by atoms with Crippen molar-refractivity contribution in [1.82, 2.24) is 4.57 Å². The van der Waals surface area contributed by atoms with E-state index in [2.05, 4.69) is 63.7 Å². The monoisotopic (exact) mass is 359 g/mol. The predicted molar refractivity (Wildman–Crippen MR) is 107 cm³/mol. The summed E-state index contributed by atoms with van der Waals surface area (Å²) in [4.78, 5) is 0. The molecule has 1 N–H and O–H groups in total. The standard InChI is InChI=1S/C21H33NO2Si/c1-21(2,3)25(5,6)24-14-17-11-16-12-18-15(13-19(16)22(17)4)9-7-8-10-20(18)23/h11-13,20,23H,7-10,14H2,1-6H3. The lowest BCUT2D eigenvalue weighted by atomic mass is 9.99. The number of rotatable bonds is 3. The minimum absolute atomic E-state index is 0.221. The maximum Gasteiger partial charge on any atom is 0.192 e. The Morgan fingerprint density at radius 3 is 2.60 bits per heavy atom. The largest absolute Gasteiger partial charge is 0.411 e. The Bertz CT molecular complexity index is 770. The third-order valence-corrected chi connectivity index (χ3v) is 10.8. The van der Waals surface area contributed by atoms with Crippen molar-refractivity contribution in [2.24, 2.45) is 7.05 Å². The van der Waals surface area contributed by atoms with Crippen LogP contribution < -0.4 is 0 Å². The molecule has 0 amide bonds. The topological polar surface area (TPSA) is 34.4 Å². The number of hydrogen-bond acceptors (Lipinski definition) is 2. The molecule has 1 heterocycles. The van der Waals surface area contributed by atoms with Crippen LogP contribution in [0.3, 0.4) is 0 Å². The molecule has 1 aromatic carbocycles. The molecule has 0 radical (unpaired) electrons. The van der Waals surface area contributed by atoms with E-state index < -0.39 is 8.32 Å². The minimum atomic E-state index is -1.76. The highest BCUT2D eigenvalue weighted by Crippen LogP contribution is 2.38. The molecule has 1 aromatic heterocycles. The molecule has 138 valence electrons. The third kappa shape index (κ3) is 3.57. The highest BCUT2D eigenvalue weighted by molar-refractivity contribution is 6.74. The minimum Gasteiger partial charge on any atom is -0.411 e. The van der Waals surface area contributed by atoms with Gasteiger partial charge >= 0.3 is 0 Å². The van der Waals surface area contributed by atoms with Crippen LogP contribution in [-0.4, -0.2) is 18.0 Å². The van der Waals surface area contributed by atoms with Crippen LogP contribution in [0.5, 0.6) is 0 Å². The summed E-state index contributed by atoms with van der Waals surface area (Å²) in [7, 11) is 0.375. The molecule has 0 saturated heterocycles. The van der Waals surface area contributed by atoms with Crippen molar-refractivity contribution in [3.8, 4) is 0 Å². The van der Waals surface area contributed by atoms with Crippen LogP contribution in [0.2, 0.25) is 18.1 Å². The number of benzene rings is 1. The number of aryl methyl sites for hydroxylation is 2. The van der Waals surface area contributed by atoms with Gasteiger partial charge in [-0.3, -0.25) is 0 Å². The second kappa shape index (κ2) is 6.56. The summed E-state index contributed by atoms with van der Waals surface area (Å²) in [5.74, 6) is 0. The van der Waals surface area contributed by atoms with Gasteiger partial charge in [-0.15, -0.1) is 0 Å². The molecule has 3 rings (SSSR count). The maximum absolute atomic E-state index is 10.5. The first-order chi connectivity index (χ1) is 11.6. The van der Waals surface area contributed by atoms with Crippen molar-refractivity contribution in [3.63, 3.8) is 0 Å². The van der Waals surface area contributed by atoms with Crippen LogP contribution in [0.1, 0.15) is 63.0 Å². The Morgan fingerprint density at radius 1 is 1.20 bits per heavy atom. The van der Waals surface area contributed by atoms with Gasteiger partial charge in [-0.25, -0.2) is 0 Å². The van der Waals surface area contributed by atoms with Crippen LogP contribution in [0, 0.1) is 0 Å². The van der Waals surface area contributed by atoms with Gasteiger partial charge in [0.25, 0.3) is 0 Å². The summed E-state index contributed by atoms with van der Waals surface area (Å²) in [5.41, 5.74) is 4.92. The molecule has 0 fully saturated rings. The van der Waals surface area contributed by atoms with E-state index in [0.29, 0.717) is 6.61 Å². The zero-order chi connectivity index (χ0) is 18.4. The van der Waals surface area contributed by atoms with E-state index in [1.165, 1.54) is 28.6 Å². The zero-order valence-electron chi connectivity index (χ0n) is 16.6. The van der Waals surface area contributed by atoms with Crippen molar-refractivity contribution < 1.29 is 9.53 Å². The van der Waals surface area contributed by atoms with E-state index >= 15 is 0 Å². The smallest absolute Gasteiger partial charge is 0.192 e. The molecule has 0 bridgehead atoms. The van der Waals surface area contributed by atoms with E-state index in [1.807, 2.05) is 0 Å². The molecule has 1 aliphatic carbocycles. The number of aromatic nitrogens is 1. The molecule has 3 nitrogen and oxygen atoms in total. The lowest BCUT2D eigenvalue weighted by Crippen LogP contribution is -2.40. The summed E-state index contributed by atoms with van der Waals surface area (Å²) < 4.78 is 8.69. The van der Waals surface area contributed by atoms with Crippen LogP contribution in [0.15, 0.2) is 18.2 Å². The van der Waals surface area contributed by atoms with Crippen LogP contribution in [0.4, 0.5) is 0 Å². The molecule has 0 saturated carbocycles. The number of nitrogens with zero attached hydrogens (tertiary/aromatic N) is 1. The molecule has 1 unspecified atom stereocenters. The van der Waals surface area contributed by atoms with Gasteiger partial charge in [-0.2, -0.15) is 0 Å². The number of fused-ring (bicyclic) bond motifs is 2. The maximum atomic E-state index is 10.5. The molecule has 2 aromatic rings. The molecule has 25 heavy (non-hydrogen) atoms.